The Morgan fingerprint density at radius 2 is 1.44 bits per heavy atom. The van der Waals surface area contributed by atoms with Gasteiger partial charge in [-0.25, -0.2) is 8.42 Å². The van der Waals surface area contributed by atoms with Gasteiger partial charge in [-0.2, -0.15) is 0 Å². The molecule has 0 spiro atoms. The summed E-state index contributed by atoms with van der Waals surface area (Å²) >= 11 is 0. The number of ether oxygens (including phenoxy) is 4. The highest BCUT2D eigenvalue weighted by atomic mass is 32.2. The molecule has 1 aliphatic rings. The van der Waals surface area contributed by atoms with E-state index in [0.29, 0.717) is 34.3 Å². The van der Waals surface area contributed by atoms with Crippen molar-refractivity contribution in [3.8, 4) is 23.0 Å². The lowest BCUT2D eigenvalue weighted by molar-refractivity contribution is 0.332. The van der Waals surface area contributed by atoms with Crippen LogP contribution in [0.1, 0.15) is 17.2 Å². The third-order valence-corrected chi connectivity index (χ3v) is 7.26. The molecule has 1 N–H and O–H groups in total. The Labute approximate surface area is 199 Å². The van der Waals surface area contributed by atoms with Crippen molar-refractivity contribution < 1.29 is 27.4 Å². The normalized spacial score (nSPS) is 15.9. The molecular weight excluding hydrogens is 456 g/mol. The second-order valence-electron chi connectivity index (χ2n) is 7.43. The third kappa shape index (κ3) is 4.27. The van der Waals surface area contributed by atoms with Crippen molar-refractivity contribution in [3.63, 3.8) is 0 Å². The van der Waals surface area contributed by atoms with Crippen LogP contribution < -0.4 is 24.4 Å². The average Bonchev–Trinajstić information content (AvgIpc) is 3.34. The summed E-state index contributed by atoms with van der Waals surface area (Å²) in [6, 6.07) is 18.2. The van der Waals surface area contributed by atoms with E-state index < -0.39 is 16.1 Å². The number of hydrogen-bond acceptors (Lipinski definition) is 7. The molecule has 0 bridgehead atoms. The molecule has 1 atom stereocenters. The topological polar surface area (TPSA) is 86.3 Å². The molecular formula is C25H26N2O6S. The van der Waals surface area contributed by atoms with Gasteiger partial charge in [0.15, 0.2) is 11.5 Å². The first kappa shape index (κ1) is 23.5. The highest BCUT2D eigenvalue weighted by Gasteiger charge is 2.38. The zero-order chi connectivity index (χ0) is 24.3. The Balaban J connectivity index is 1.86. The number of nitrogens with one attached hydrogen (secondary N) is 1. The molecule has 0 amide bonds. The van der Waals surface area contributed by atoms with Crippen LogP contribution in [0.5, 0.6) is 23.0 Å². The Kier molecular flexibility index (Phi) is 6.67. The lowest BCUT2D eigenvalue weighted by atomic mass is 10.0. The first-order valence-electron chi connectivity index (χ1n) is 10.4. The number of hydrogen-bond donors (Lipinski definition) is 1. The van der Waals surface area contributed by atoms with Gasteiger partial charge in [0, 0.05) is 11.1 Å². The molecule has 9 heteroatoms. The summed E-state index contributed by atoms with van der Waals surface area (Å²) < 4.78 is 50.3. The van der Waals surface area contributed by atoms with Gasteiger partial charge in [0.05, 0.1) is 45.1 Å². The highest BCUT2D eigenvalue weighted by molar-refractivity contribution is 7.89. The Bertz CT molecular complexity index is 1310. The molecule has 3 aromatic carbocycles. The fourth-order valence-electron chi connectivity index (χ4n) is 3.82. The van der Waals surface area contributed by atoms with Gasteiger partial charge < -0.3 is 24.4 Å². The van der Waals surface area contributed by atoms with Crippen molar-refractivity contribution in [3.05, 3.63) is 83.9 Å². The van der Waals surface area contributed by atoms with Gasteiger partial charge in [-0.1, -0.05) is 18.2 Å². The van der Waals surface area contributed by atoms with Gasteiger partial charge in [0.1, 0.15) is 11.5 Å². The molecule has 0 saturated heterocycles. The van der Waals surface area contributed by atoms with E-state index in [-0.39, 0.29) is 4.90 Å². The molecule has 8 nitrogen and oxygen atoms in total. The fraction of sp³-hybridized carbons (Fsp3) is 0.200. The van der Waals surface area contributed by atoms with Crippen LogP contribution in [0.25, 0.3) is 5.70 Å². The molecule has 3 aromatic rings. The summed E-state index contributed by atoms with van der Waals surface area (Å²) in [6.07, 6.45) is 1.83. The van der Waals surface area contributed by atoms with E-state index >= 15 is 0 Å². The minimum absolute atomic E-state index is 0.163. The molecule has 0 unspecified atom stereocenters. The smallest absolute Gasteiger partial charge is 0.260 e. The van der Waals surface area contributed by atoms with E-state index in [0.717, 1.165) is 5.56 Å². The molecule has 0 aliphatic carbocycles. The van der Waals surface area contributed by atoms with Gasteiger partial charge in [-0.05, 0) is 54.6 Å². The SMILES string of the molecule is COc1ccc(OC)c([C@@H]2C=C(c3ccc(OC)c(OC)c3)NN2S(=O)(=O)c2ccccc2)c1. The Morgan fingerprint density at radius 1 is 0.765 bits per heavy atom. The highest BCUT2D eigenvalue weighted by Crippen LogP contribution is 2.41. The van der Waals surface area contributed by atoms with Gasteiger partial charge in [0.2, 0.25) is 0 Å². The lowest BCUT2D eigenvalue weighted by Crippen LogP contribution is -2.39. The van der Waals surface area contributed by atoms with E-state index in [1.54, 1.807) is 89.1 Å². The summed E-state index contributed by atoms with van der Waals surface area (Å²) in [5.74, 6) is 2.22. The van der Waals surface area contributed by atoms with Gasteiger partial charge in [0.25, 0.3) is 10.0 Å². The Morgan fingerprint density at radius 3 is 2.09 bits per heavy atom. The molecule has 0 aromatic heterocycles. The predicted octanol–water partition coefficient (Wildman–Crippen LogP) is 4.01. The molecule has 178 valence electrons. The summed E-state index contributed by atoms with van der Waals surface area (Å²) in [6.45, 7) is 0. The van der Waals surface area contributed by atoms with E-state index in [4.69, 9.17) is 18.9 Å². The predicted molar refractivity (Wildman–Crippen MR) is 128 cm³/mol. The van der Waals surface area contributed by atoms with Crippen LogP contribution in [0.3, 0.4) is 0 Å². The van der Waals surface area contributed by atoms with Crippen LogP contribution in [0.4, 0.5) is 0 Å². The standard InChI is InChI=1S/C25H26N2O6S/c1-30-18-11-13-23(31-2)20(15-18)22-16-21(17-10-12-24(32-3)25(14-17)33-4)26-27(22)34(28,29)19-8-6-5-7-9-19/h5-16,22,26H,1-4H3/t22-/m0/s1. The van der Waals surface area contributed by atoms with Crippen molar-refractivity contribution in [1.29, 1.82) is 0 Å². The van der Waals surface area contributed by atoms with Gasteiger partial charge >= 0.3 is 0 Å². The van der Waals surface area contributed by atoms with Gasteiger partial charge in [-0.15, -0.1) is 4.41 Å². The number of benzene rings is 3. The zero-order valence-electron chi connectivity index (χ0n) is 19.3. The fourth-order valence-corrected chi connectivity index (χ4v) is 5.24. The molecule has 0 fully saturated rings. The third-order valence-electron chi connectivity index (χ3n) is 5.56. The summed E-state index contributed by atoms with van der Waals surface area (Å²) in [5, 5.41) is 0. The minimum atomic E-state index is -3.93. The first-order chi connectivity index (χ1) is 16.4. The van der Waals surface area contributed by atoms with Crippen LogP contribution in [0.15, 0.2) is 77.7 Å². The Hall–Kier alpha value is -3.69. The zero-order valence-corrected chi connectivity index (χ0v) is 20.1. The maximum absolute atomic E-state index is 13.7. The molecule has 1 aliphatic heterocycles. The lowest BCUT2D eigenvalue weighted by Gasteiger charge is -2.26. The number of sulfonamides is 1. The molecule has 1 heterocycles. The molecule has 4 rings (SSSR count). The largest absolute Gasteiger partial charge is 0.497 e. The molecule has 0 saturated carbocycles. The van der Waals surface area contributed by atoms with Crippen molar-refractivity contribution in [2.24, 2.45) is 0 Å². The van der Waals surface area contributed by atoms with Crippen molar-refractivity contribution >= 4 is 15.7 Å². The van der Waals surface area contributed by atoms with Crippen LogP contribution in [0.2, 0.25) is 0 Å². The van der Waals surface area contributed by atoms with Crippen LogP contribution >= 0.6 is 0 Å². The second-order valence-corrected chi connectivity index (χ2v) is 9.24. The van der Waals surface area contributed by atoms with E-state index in [1.807, 2.05) is 12.1 Å². The van der Waals surface area contributed by atoms with E-state index in [1.165, 1.54) is 4.41 Å². The maximum atomic E-state index is 13.7. The number of nitrogens with zero attached hydrogens (tertiary/aromatic N) is 1. The first-order valence-corrected chi connectivity index (χ1v) is 11.9. The van der Waals surface area contributed by atoms with Crippen LogP contribution in [0, 0.1) is 0 Å². The number of methoxy groups -OCH3 is 4. The van der Waals surface area contributed by atoms with Crippen molar-refractivity contribution in [2.75, 3.05) is 28.4 Å². The van der Waals surface area contributed by atoms with E-state index in [2.05, 4.69) is 5.43 Å². The van der Waals surface area contributed by atoms with Crippen molar-refractivity contribution in [1.82, 2.24) is 9.84 Å². The van der Waals surface area contributed by atoms with Crippen LogP contribution in [-0.2, 0) is 10.0 Å². The molecule has 0 radical (unpaired) electrons. The summed E-state index contributed by atoms with van der Waals surface area (Å²) in [7, 11) is 2.28. The van der Waals surface area contributed by atoms with Crippen molar-refractivity contribution in [2.45, 2.75) is 10.9 Å². The van der Waals surface area contributed by atoms with Crippen LogP contribution in [-0.4, -0.2) is 41.3 Å². The summed E-state index contributed by atoms with van der Waals surface area (Å²) in [4.78, 5) is 0.163. The molecule has 34 heavy (non-hydrogen) atoms. The quantitative estimate of drug-likeness (QED) is 0.519. The number of rotatable bonds is 8. The van der Waals surface area contributed by atoms with E-state index in [9.17, 15) is 8.42 Å². The summed E-state index contributed by atoms with van der Waals surface area (Å²) in [5.41, 5.74) is 5.04. The monoisotopic (exact) mass is 482 g/mol. The second kappa shape index (κ2) is 9.66. The minimum Gasteiger partial charge on any atom is -0.497 e. The number of hydrazine groups is 1. The maximum Gasteiger partial charge on any atom is 0.260 e. The average molecular weight is 483 g/mol. The van der Waals surface area contributed by atoms with Gasteiger partial charge in [-0.3, -0.25) is 0 Å².